The van der Waals surface area contributed by atoms with Crippen molar-refractivity contribution in [1.82, 2.24) is 0 Å². The van der Waals surface area contributed by atoms with Crippen molar-refractivity contribution in [2.24, 2.45) is 5.73 Å². The van der Waals surface area contributed by atoms with Gasteiger partial charge in [0.1, 0.15) is 5.76 Å². The van der Waals surface area contributed by atoms with E-state index in [-0.39, 0.29) is 6.04 Å². The fourth-order valence-corrected chi connectivity index (χ4v) is 3.31. The molecule has 2 nitrogen and oxygen atoms in total. The summed E-state index contributed by atoms with van der Waals surface area (Å²) in [4.78, 5) is 2.34. The Morgan fingerprint density at radius 3 is 2.68 bits per heavy atom. The van der Waals surface area contributed by atoms with E-state index in [0.29, 0.717) is 0 Å². The van der Waals surface area contributed by atoms with Gasteiger partial charge in [-0.25, -0.2) is 0 Å². The van der Waals surface area contributed by atoms with E-state index in [1.165, 1.54) is 10.5 Å². The molecule has 1 aromatic carbocycles. The second kappa shape index (κ2) is 6.64. The van der Waals surface area contributed by atoms with Crippen LogP contribution in [-0.2, 0) is 6.42 Å². The van der Waals surface area contributed by atoms with Crippen LogP contribution in [0.15, 0.2) is 49.2 Å². The van der Waals surface area contributed by atoms with E-state index in [2.05, 4.69) is 41.1 Å². The molecule has 0 saturated heterocycles. The second-order valence-electron chi connectivity index (χ2n) is 4.58. The van der Waals surface area contributed by atoms with Gasteiger partial charge in [0.15, 0.2) is 0 Å². The number of hydrogen-bond donors (Lipinski definition) is 1. The molecule has 0 fully saturated rings. The number of nitrogens with two attached hydrogens (primary N) is 1. The van der Waals surface area contributed by atoms with E-state index >= 15 is 0 Å². The number of hydrogen-bond acceptors (Lipinski definition) is 3. The van der Waals surface area contributed by atoms with Crippen LogP contribution in [0.5, 0.6) is 0 Å². The van der Waals surface area contributed by atoms with E-state index < -0.39 is 0 Å². The number of furan rings is 1. The molecule has 0 aliphatic rings. The predicted octanol–water partition coefficient (Wildman–Crippen LogP) is 4.78. The summed E-state index contributed by atoms with van der Waals surface area (Å²) in [5.41, 5.74) is 7.26. The van der Waals surface area contributed by atoms with E-state index in [9.17, 15) is 0 Å². The third kappa shape index (κ3) is 3.88. The van der Waals surface area contributed by atoms with Crippen molar-refractivity contribution in [1.29, 1.82) is 0 Å². The lowest BCUT2D eigenvalue weighted by Crippen LogP contribution is -2.21. The van der Waals surface area contributed by atoms with Crippen molar-refractivity contribution < 1.29 is 4.42 Å². The molecule has 0 aliphatic carbocycles. The second-order valence-corrected chi connectivity index (χ2v) is 6.52. The van der Waals surface area contributed by atoms with E-state index in [1.54, 1.807) is 18.0 Å². The lowest BCUT2D eigenvalue weighted by molar-refractivity contribution is 0.527. The Labute approximate surface area is 126 Å². The highest BCUT2D eigenvalue weighted by Crippen LogP contribution is 2.36. The van der Waals surface area contributed by atoms with Gasteiger partial charge in [-0.3, -0.25) is 0 Å². The highest BCUT2D eigenvalue weighted by atomic mass is 79.9. The van der Waals surface area contributed by atoms with Crippen LogP contribution in [0.4, 0.5) is 0 Å². The molecule has 1 aromatic heterocycles. The number of benzene rings is 1. The lowest BCUT2D eigenvalue weighted by Gasteiger charge is -2.10. The minimum Gasteiger partial charge on any atom is -0.468 e. The Bertz CT molecular complexity index is 553. The maximum absolute atomic E-state index is 5.99. The third-order valence-corrected chi connectivity index (χ3v) is 5.19. The topological polar surface area (TPSA) is 39.2 Å². The van der Waals surface area contributed by atoms with Crippen molar-refractivity contribution in [2.45, 2.75) is 42.5 Å². The molecule has 1 unspecified atom stereocenters. The first kappa shape index (κ1) is 14.7. The van der Waals surface area contributed by atoms with Gasteiger partial charge in [0.25, 0.3) is 0 Å². The molecule has 2 N–H and O–H groups in total. The van der Waals surface area contributed by atoms with E-state index in [4.69, 9.17) is 10.2 Å². The lowest BCUT2D eigenvalue weighted by atomic mass is 10.1. The zero-order chi connectivity index (χ0) is 13.8. The van der Waals surface area contributed by atoms with Crippen LogP contribution in [0.3, 0.4) is 0 Å². The molecule has 0 bridgehead atoms. The van der Waals surface area contributed by atoms with Gasteiger partial charge in [-0.1, -0.05) is 24.8 Å². The van der Waals surface area contributed by atoms with Crippen LogP contribution < -0.4 is 5.73 Å². The molecule has 1 atom stereocenters. The molecule has 0 spiro atoms. The number of aryl methyl sites for hydroxylation is 1. The van der Waals surface area contributed by atoms with Crippen LogP contribution in [0, 0.1) is 6.92 Å². The van der Waals surface area contributed by atoms with Crippen molar-refractivity contribution in [2.75, 3.05) is 0 Å². The van der Waals surface area contributed by atoms with Gasteiger partial charge in [0, 0.05) is 15.4 Å². The molecular formula is C15H18BrNOS. The average Bonchev–Trinajstić information content (AvgIpc) is 2.78. The van der Waals surface area contributed by atoms with Crippen LogP contribution in [0.1, 0.15) is 24.7 Å². The summed E-state index contributed by atoms with van der Waals surface area (Å²) in [5, 5.41) is 0. The first-order chi connectivity index (χ1) is 9.10. The van der Waals surface area contributed by atoms with Crippen LogP contribution in [0.25, 0.3) is 0 Å². The first-order valence-electron chi connectivity index (χ1n) is 6.36. The summed E-state index contributed by atoms with van der Waals surface area (Å²) in [6, 6.07) is 8.68. The quantitative estimate of drug-likeness (QED) is 0.851. The Morgan fingerprint density at radius 2 is 2.11 bits per heavy atom. The molecule has 0 aliphatic heterocycles. The summed E-state index contributed by atoms with van der Waals surface area (Å²) in [7, 11) is 0. The van der Waals surface area contributed by atoms with Crippen LogP contribution in [0.2, 0.25) is 0 Å². The smallest absolute Gasteiger partial charge is 0.114 e. The predicted molar refractivity (Wildman–Crippen MR) is 83.7 cm³/mol. The largest absolute Gasteiger partial charge is 0.468 e. The van der Waals surface area contributed by atoms with Crippen molar-refractivity contribution in [3.05, 3.63) is 46.3 Å². The molecule has 19 heavy (non-hydrogen) atoms. The van der Waals surface area contributed by atoms with Crippen LogP contribution >= 0.6 is 27.7 Å². The molecule has 1 heterocycles. The van der Waals surface area contributed by atoms with Gasteiger partial charge in [-0.15, -0.1) is 0 Å². The fraction of sp³-hybridized carbons (Fsp3) is 0.333. The molecule has 2 aromatic rings. The third-order valence-electron chi connectivity index (χ3n) is 3.05. The van der Waals surface area contributed by atoms with Gasteiger partial charge < -0.3 is 10.2 Å². The Hall–Kier alpha value is -0.710. The average molecular weight is 340 g/mol. The van der Waals surface area contributed by atoms with E-state index in [0.717, 1.165) is 28.0 Å². The molecule has 4 heteroatoms. The summed E-state index contributed by atoms with van der Waals surface area (Å²) in [6.45, 7) is 4.09. The normalized spacial score (nSPS) is 12.6. The Balaban J connectivity index is 2.13. The molecule has 102 valence electrons. The van der Waals surface area contributed by atoms with Gasteiger partial charge >= 0.3 is 0 Å². The minimum atomic E-state index is 0.238. The van der Waals surface area contributed by atoms with Crippen molar-refractivity contribution in [3.63, 3.8) is 0 Å². The van der Waals surface area contributed by atoms with Crippen molar-refractivity contribution in [3.8, 4) is 0 Å². The van der Waals surface area contributed by atoms with Crippen molar-refractivity contribution >= 4 is 27.7 Å². The summed E-state index contributed by atoms with van der Waals surface area (Å²) in [6.07, 6.45) is 3.65. The standard InChI is InChI=1S/C15H18BrNOS/c1-3-12(17)8-11-4-5-15(13(16)9-11)19-14-6-7-18-10(14)2/h4-7,9,12H,3,8,17H2,1-2H3. The Kier molecular flexibility index (Phi) is 5.13. The zero-order valence-corrected chi connectivity index (χ0v) is 13.6. The molecule has 0 radical (unpaired) electrons. The Morgan fingerprint density at radius 1 is 1.32 bits per heavy atom. The minimum absolute atomic E-state index is 0.238. The van der Waals surface area contributed by atoms with Gasteiger partial charge in [0.05, 0.1) is 11.2 Å². The maximum Gasteiger partial charge on any atom is 0.114 e. The first-order valence-corrected chi connectivity index (χ1v) is 7.97. The highest BCUT2D eigenvalue weighted by Gasteiger charge is 2.09. The summed E-state index contributed by atoms with van der Waals surface area (Å²) in [5.74, 6) is 0.953. The van der Waals surface area contributed by atoms with Crippen LogP contribution in [-0.4, -0.2) is 6.04 Å². The monoisotopic (exact) mass is 339 g/mol. The number of halogens is 1. The van der Waals surface area contributed by atoms with E-state index in [1.807, 2.05) is 13.0 Å². The highest BCUT2D eigenvalue weighted by molar-refractivity contribution is 9.10. The van der Waals surface area contributed by atoms with Gasteiger partial charge in [-0.05, 0) is 59.5 Å². The molecule has 0 amide bonds. The van der Waals surface area contributed by atoms with Gasteiger partial charge in [0.2, 0.25) is 0 Å². The maximum atomic E-state index is 5.99. The molecule has 0 saturated carbocycles. The zero-order valence-electron chi connectivity index (χ0n) is 11.2. The SMILES string of the molecule is CCC(N)Cc1ccc(Sc2ccoc2C)c(Br)c1. The molecular weight excluding hydrogens is 322 g/mol. The number of rotatable bonds is 5. The summed E-state index contributed by atoms with van der Waals surface area (Å²) < 4.78 is 6.42. The van der Waals surface area contributed by atoms with Gasteiger partial charge in [-0.2, -0.15) is 0 Å². The fourth-order valence-electron chi connectivity index (χ4n) is 1.80. The summed E-state index contributed by atoms with van der Waals surface area (Å²) >= 11 is 5.35. The molecule has 2 rings (SSSR count).